The predicted octanol–water partition coefficient (Wildman–Crippen LogP) is -0.200. The number of rotatable bonds is 3. The molecular formula is C12H13N7O2. The molecule has 0 unspecified atom stereocenters. The second-order valence-electron chi connectivity index (χ2n) is 4.67. The van der Waals surface area contributed by atoms with Gasteiger partial charge in [0.15, 0.2) is 11.5 Å². The number of aromatic amines is 1. The molecule has 3 rings (SSSR count). The monoisotopic (exact) mass is 287 g/mol. The number of amides is 1. The molecule has 9 heteroatoms. The normalized spacial score (nSPS) is 11.0. The molecule has 0 aliphatic rings. The van der Waals surface area contributed by atoms with Gasteiger partial charge in [-0.3, -0.25) is 23.9 Å². The van der Waals surface area contributed by atoms with Crippen molar-refractivity contribution in [2.75, 3.05) is 5.32 Å². The average molecular weight is 287 g/mol. The zero-order valence-electron chi connectivity index (χ0n) is 11.5. The first-order valence-electron chi connectivity index (χ1n) is 6.23. The predicted molar refractivity (Wildman–Crippen MR) is 74.7 cm³/mol. The van der Waals surface area contributed by atoms with Gasteiger partial charge in [-0.1, -0.05) is 0 Å². The Morgan fingerprint density at radius 2 is 2.29 bits per heavy atom. The van der Waals surface area contributed by atoms with Gasteiger partial charge in [0.25, 0.3) is 5.56 Å². The Labute approximate surface area is 118 Å². The number of hydrogen-bond donors (Lipinski definition) is 2. The molecule has 108 valence electrons. The van der Waals surface area contributed by atoms with E-state index in [1.54, 1.807) is 13.1 Å². The number of carbonyl (C=O) groups excluding carboxylic acids is 1. The van der Waals surface area contributed by atoms with Crippen molar-refractivity contribution in [3.63, 3.8) is 0 Å². The van der Waals surface area contributed by atoms with Gasteiger partial charge in [-0.2, -0.15) is 10.2 Å². The summed E-state index contributed by atoms with van der Waals surface area (Å²) in [6, 6.07) is 1.70. The SMILES string of the molecule is Cc1cc(NC(=O)Cn2cnc3c(cnn3C)c2=O)n[nH]1. The molecule has 1 amide bonds. The molecule has 21 heavy (non-hydrogen) atoms. The summed E-state index contributed by atoms with van der Waals surface area (Å²) in [6.45, 7) is 1.69. The average Bonchev–Trinajstić information content (AvgIpc) is 3.00. The van der Waals surface area contributed by atoms with Crippen LogP contribution in [0.3, 0.4) is 0 Å². The summed E-state index contributed by atoms with van der Waals surface area (Å²) in [5.74, 6) is 0.0644. The van der Waals surface area contributed by atoms with Crippen LogP contribution in [0.25, 0.3) is 11.0 Å². The fourth-order valence-corrected chi connectivity index (χ4v) is 2.00. The minimum atomic E-state index is -0.353. The maximum atomic E-state index is 12.2. The lowest BCUT2D eigenvalue weighted by Crippen LogP contribution is -2.27. The Bertz CT molecular complexity index is 873. The smallest absolute Gasteiger partial charge is 0.264 e. The molecule has 0 aromatic carbocycles. The fourth-order valence-electron chi connectivity index (χ4n) is 2.00. The highest BCUT2D eigenvalue weighted by Crippen LogP contribution is 2.05. The number of nitrogens with one attached hydrogen (secondary N) is 2. The molecule has 0 aliphatic carbocycles. The Morgan fingerprint density at radius 3 is 3.00 bits per heavy atom. The van der Waals surface area contributed by atoms with Crippen LogP contribution in [0.2, 0.25) is 0 Å². The van der Waals surface area contributed by atoms with Crippen molar-refractivity contribution in [3.05, 3.63) is 34.6 Å². The van der Waals surface area contributed by atoms with Crippen LogP contribution in [-0.2, 0) is 18.4 Å². The number of anilines is 1. The van der Waals surface area contributed by atoms with E-state index in [0.29, 0.717) is 16.9 Å². The molecule has 0 bridgehead atoms. The van der Waals surface area contributed by atoms with Crippen LogP contribution in [0, 0.1) is 6.92 Å². The number of aryl methyl sites for hydroxylation is 2. The zero-order chi connectivity index (χ0) is 15.0. The van der Waals surface area contributed by atoms with Gasteiger partial charge in [0.1, 0.15) is 18.3 Å². The molecule has 0 saturated carbocycles. The number of carbonyl (C=O) groups is 1. The van der Waals surface area contributed by atoms with E-state index in [4.69, 9.17) is 0 Å². The fraction of sp³-hybridized carbons (Fsp3) is 0.250. The maximum absolute atomic E-state index is 12.2. The quantitative estimate of drug-likeness (QED) is 0.693. The molecule has 3 aromatic rings. The third kappa shape index (κ3) is 2.40. The minimum absolute atomic E-state index is 0.136. The van der Waals surface area contributed by atoms with E-state index >= 15 is 0 Å². The van der Waals surface area contributed by atoms with E-state index in [2.05, 4.69) is 25.6 Å². The molecule has 0 aliphatic heterocycles. The van der Waals surface area contributed by atoms with Crippen LogP contribution in [-0.4, -0.2) is 35.4 Å². The topological polar surface area (TPSA) is 110 Å². The third-order valence-electron chi connectivity index (χ3n) is 3.01. The van der Waals surface area contributed by atoms with E-state index in [0.717, 1.165) is 5.69 Å². The van der Waals surface area contributed by atoms with Gasteiger partial charge in [-0.25, -0.2) is 4.98 Å². The van der Waals surface area contributed by atoms with Crippen molar-refractivity contribution in [2.24, 2.45) is 7.05 Å². The number of fused-ring (bicyclic) bond motifs is 1. The maximum Gasteiger partial charge on any atom is 0.264 e. The minimum Gasteiger partial charge on any atom is -0.308 e. The van der Waals surface area contributed by atoms with Crippen molar-refractivity contribution in [3.8, 4) is 0 Å². The summed E-state index contributed by atoms with van der Waals surface area (Å²) in [4.78, 5) is 28.2. The van der Waals surface area contributed by atoms with Gasteiger partial charge < -0.3 is 5.32 Å². The second-order valence-corrected chi connectivity index (χ2v) is 4.67. The van der Waals surface area contributed by atoms with Crippen LogP contribution in [0.5, 0.6) is 0 Å². The van der Waals surface area contributed by atoms with Gasteiger partial charge in [-0.05, 0) is 6.92 Å². The van der Waals surface area contributed by atoms with Crippen molar-refractivity contribution in [1.29, 1.82) is 0 Å². The van der Waals surface area contributed by atoms with Crippen LogP contribution in [0.15, 0.2) is 23.4 Å². The Balaban J connectivity index is 1.83. The largest absolute Gasteiger partial charge is 0.308 e. The van der Waals surface area contributed by atoms with E-state index in [1.165, 1.54) is 21.8 Å². The highest BCUT2D eigenvalue weighted by atomic mass is 16.2. The van der Waals surface area contributed by atoms with E-state index in [1.807, 2.05) is 6.92 Å². The highest BCUT2D eigenvalue weighted by molar-refractivity contribution is 5.89. The Morgan fingerprint density at radius 1 is 1.48 bits per heavy atom. The van der Waals surface area contributed by atoms with Crippen LogP contribution >= 0.6 is 0 Å². The number of nitrogens with zero attached hydrogens (tertiary/aromatic N) is 5. The van der Waals surface area contributed by atoms with Crippen LogP contribution in [0.1, 0.15) is 5.69 Å². The van der Waals surface area contributed by atoms with Gasteiger partial charge in [0, 0.05) is 18.8 Å². The van der Waals surface area contributed by atoms with Crippen molar-refractivity contribution in [2.45, 2.75) is 13.5 Å². The van der Waals surface area contributed by atoms with Crippen molar-refractivity contribution in [1.82, 2.24) is 29.5 Å². The molecule has 0 saturated heterocycles. The summed E-state index contributed by atoms with van der Waals surface area (Å²) in [5.41, 5.74) is 1.02. The van der Waals surface area contributed by atoms with Gasteiger partial charge >= 0.3 is 0 Å². The summed E-state index contributed by atoms with van der Waals surface area (Å²) < 4.78 is 2.74. The summed E-state index contributed by atoms with van der Waals surface area (Å²) in [7, 11) is 1.70. The van der Waals surface area contributed by atoms with Gasteiger partial charge in [-0.15, -0.1) is 0 Å². The lowest BCUT2D eigenvalue weighted by atomic mass is 10.4. The molecule has 9 nitrogen and oxygen atoms in total. The van der Waals surface area contributed by atoms with E-state index in [9.17, 15) is 9.59 Å². The lowest BCUT2D eigenvalue weighted by Gasteiger charge is -2.05. The molecule has 3 aromatic heterocycles. The van der Waals surface area contributed by atoms with Crippen LogP contribution < -0.4 is 10.9 Å². The van der Waals surface area contributed by atoms with Crippen LogP contribution in [0.4, 0.5) is 5.82 Å². The molecule has 0 fully saturated rings. The first kappa shape index (κ1) is 13.0. The van der Waals surface area contributed by atoms with E-state index < -0.39 is 0 Å². The lowest BCUT2D eigenvalue weighted by molar-refractivity contribution is -0.116. The van der Waals surface area contributed by atoms with Gasteiger partial charge in [0.05, 0.1) is 6.20 Å². The molecule has 0 radical (unpaired) electrons. The van der Waals surface area contributed by atoms with Gasteiger partial charge in [0.2, 0.25) is 5.91 Å². The summed E-state index contributed by atoms with van der Waals surface area (Å²) >= 11 is 0. The standard InChI is InChI=1S/C12H13N7O2/c1-7-3-9(17-16-7)15-10(20)5-19-6-13-11-8(12(19)21)4-14-18(11)2/h3-4,6H,5H2,1-2H3,(H2,15,16,17,20). The Hall–Kier alpha value is -2.97. The summed E-state index contributed by atoms with van der Waals surface area (Å²) in [5, 5.41) is 13.6. The molecular weight excluding hydrogens is 274 g/mol. The molecule has 0 atom stereocenters. The number of aromatic nitrogens is 6. The molecule has 2 N–H and O–H groups in total. The third-order valence-corrected chi connectivity index (χ3v) is 3.01. The molecule has 0 spiro atoms. The Kier molecular flexibility index (Phi) is 3.01. The summed E-state index contributed by atoms with van der Waals surface area (Å²) in [6.07, 6.45) is 2.78. The number of H-pyrrole nitrogens is 1. The van der Waals surface area contributed by atoms with E-state index in [-0.39, 0.29) is 18.0 Å². The number of hydrogen-bond acceptors (Lipinski definition) is 5. The first-order valence-corrected chi connectivity index (χ1v) is 6.23. The first-order chi connectivity index (χ1) is 10.0. The highest BCUT2D eigenvalue weighted by Gasteiger charge is 2.11. The second kappa shape index (κ2) is 4.85. The van der Waals surface area contributed by atoms with Crippen molar-refractivity contribution >= 4 is 22.8 Å². The van der Waals surface area contributed by atoms with Crippen molar-refractivity contribution < 1.29 is 4.79 Å². The molecule has 3 heterocycles. The zero-order valence-corrected chi connectivity index (χ0v) is 11.5.